The fraction of sp³-hybridized carbons (Fsp3) is 0.556. The summed E-state index contributed by atoms with van der Waals surface area (Å²) in [6.45, 7) is 2.06. The van der Waals surface area contributed by atoms with E-state index in [1.165, 1.54) is 0 Å². The minimum Gasteiger partial charge on any atom is -0.326 e. The molecule has 70 valence electrons. The van der Waals surface area contributed by atoms with Gasteiger partial charge in [0.25, 0.3) is 0 Å². The largest absolute Gasteiger partial charge is 0.326 e. The third-order valence-electron chi connectivity index (χ3n) is 2.51. The van der Waals surface area contributed by atoms with Crippen molar-refractivity contribution in [1.82, 2.24) is 14.9 Å². The van der Waals surface area contributed by atoms with Crippen LogP contribution >= 0.6 is 0 Å². The van der Waals surface area contributed by atoms with Gasteiger partial charge in [-0.15, -0.1) is 0 Å². The number of hydrogen-bond donors (Lipinski definition) is 1. The number of rotatable bonds is 2. The molecule has 2 rings (SSSR count). The van der Waals surface area contributed by atoms with Gasteiger partial charge in [-0.05, 0) is 25.9 Å². The maximum absolute atomic E-state index is 10.6. The molecule has 0 amide bonds. The Bertz CT molecular complexity index is 289. The van der Waals surface area contributed by atoms with E-state index in [1.54, 1.807) is 6.20 Å². The van der Waals surface area contributed by atoms with Gasteiger partial charge in [0.15, 0.2) is 12.1 Å². The lowest BCUT2D eigenvalue weighted by molar-refractivity contribution is 0.110. The van der Waals surface area contributed by atoms with Crippen molar-refractivity contribution in [2.24, 2.45) is 0 Å². The van der Waals surface area contributed by atoms with Crippen LogP contribution < -0.4 is 5.32 Å². The monoisotopic (exact) mass is 179 g/mol. The standard InChI is InChI=1S/C9H13N3O/c13-7-9-11-5-6-12(9)8-1-3-10-4-2-8/h5-8,10H,1-4H2. The lowest BCUT2D eigenvalue weighted by Gasteiger charge is -2.24. The molecule has 0 aliphatic carbocycles. The van der Waals surface area contributed by atoms with Crippen molar-refractivity contribution in [3.8, 4) is 0 Å². The van der Waals surface area contributed by atoms with Crippen LogP contribution in [0.4, 0.5) is 0 Å². The van der Waals surface area contributed by atoms with Gasteiger partial charge < -0.3 is 9.88 Å². The average molecular weight is 179 g/mol. The minimum absolute atomic E-state index is 0.448. The summed E-state index contributed by atoms with van der Waals surface area (Å²) < 4.78 is 1.98. The Morgan fingerprint density at radius 2 is 2.31 bits per heavy atom. The summed E-state index contributed by atoms with van der Waals surface area (Å²) >= 11 is 0. The first-order chi connectivity index (χ1) is 6.42. The molecule has 1 N–H and O–H groups in total. The molecular weight excluding hydrogens is 166 g/mol. The van der Waals surface area contributed by atoms with Gasteiger partial charge in [0, 0.05) is 18.4 Å². The predicted octanol–water partition coefficient (Wildman–Crippen LogP) is 0.620. The molecule has 0 saturated carbocycles. The quantitative estimate of drug-likeness (QED) is 0.677. The Morgan fingerprint density at radius 3 is 3.00 bits per heavy atom. The van der Waals surface area contributed by atoms with E-state index in [2.05, 4.69) is 10.3 Å². The van der Waals surface area contributed by atoms with E-state index in [-0.39, 0.29) is 0 Å². The van der Waals surface area contributed by atoms with Crippen molar-refractivity contribution in [3.63, 3.8) is 0 Å². The number of aldehydes is 1. The van der Waals surface area contributed by atoms with E-state index < -0.39 is 0 Å². The molecule has 4 heteroatoms. The molecule has 0 aromatic carbocycles. The van der Waals surface area contributed by atoms with Gasteiger partial charge in [-0.2, -0.15) is 0 Å². The molecule has 4 nitrogen and oxygen atoms in total. The fourth-order valence-corrected chi connectivity index (χ4v) is 1.81. The first-order valence-corrected chi connectivity index (χ1v) is 4.60. The third-order valence-corrected chi connectivity index (χ3v) is 2.51. The second-order valence-electron chi connectivity index (χ2n) is 3.29. The molecule has 0 unspecified atom stereocenters. The average Bonchev–Trinajstić information content (AvgIpc) is 2.67. The van der Waals surface area contributed by atoms with Gasteiger partial charge in [-0.25, -0.2) is 4.98 Å². The number of carbonyl (C=O) groups is 1. The SMILES string of the molecule is O=Cc1nccn1C1CCNCC1. The highest BCUT2D eigenvalue weighted by atomic mass is 16.1. The summed E-state index contributed by atoms with van der Waals surface area (Å²) in [6, 6.07) is 0.448. The van der Waals surface area contributed by atoms with E-state index in [0.717, 1.165) is 32.2 Å². The predicted molar refractivity (Wildman–Crippen MR) is 48.8 cm³/mol. The Kier molecular flexibility index (Phi) is 2.40. The Morgan fingerprint density at radius 1 is 1.54 bits per heavy atom. The molecule has 0 spiro atoms. The maximum atomic E-state index is 10.6. The number of imidazole rings is 1. The van der Waals surface area contributed by atoms with Crippen molar-refractivity contribution >= 4 is 6.29 Å². The number of nitrogens with zero attached hydrogens (tertiary/aromatic N) is 2. The summed E-state index contributed by atoms with van der Waals surface area (Å²) in [7, 11) is 0. The lowest BCUT2D eigenvalue weighted by Crippen LogP contribution is -2.29. The number of carbonyl (C=O) groups excluding carboxylic acids is 1. The number of aromatic nitrogens is 2. The van der Waals surface area contributed by atoms with Crippen molar-refractivity contribution in [1.29, 1.82) is 0 Å². The van der Waals surface area contributed by atoms with Crippen LogP contribution in [0.2, 0.25) is 0 Å². The van der Waals surface area contributed by atoms with Crippen LogP contribution in [0.1, 0.15) is 29.5 Å². The summed E-state index contributed by atoms with van der Waals surface area (Å²) in [5.74, 6) is 0.548. The Labute approximate surface area is 77.0 Å². The summed E-state index contributed by atoms with van der Waals surface area (Å²) in [4.78, 5) is 14.6. The summed E-state index contributed by atoms with van der Waals surface area (Å²) in [6.07, 6.45) is 6.56. The van der Waals surface area contributed by atoms with Crippen molar-refractivity contribution < 1.29 is 4.79 Å². The molecule has 1 fully saturated rings. The minimum atomic E-state index is 0.448. The van der Waals surface area contributed by atoms with Gasteiger partial charge >= 0.3 is 0 Å². The first-order valence-electron chi connectivity index (χ1n) is 4.60. The first kappa shape index (κ1) is 8.44. The van der Waals surface area contributed by atoms with Crippen LogP contribution in [0.3, 0.4) is 0 Å². The molecule has 0 bridgehead atoms. The van der Waals surface area contributed by atoms with Gasteiger partial charge in [-0.1, -0.05) is 0 Å². The molecule has 2 heterocycles. The van der Waals surface area contributed by atoms with Crippen molar-refractivity contribution in [3.05, 3.63) is 18.2 Å². The van der Waals surface area contributed by atoms with Crippen molar-refractivity contribution in [2.75, 3.05) is 13.1 Å². The van der Waals surface area contributed by atoms with E-state index in [1.807, 2.05) is 10.8 Å². The zero-order valence-electron chi connectivity index (χ0n) is 7.44. The van der Waals surface area contributed by atoms with Crippen molar-refractivity contribution in [2.45, 2.75) is 18.9 Å². The van der Waals surface area contributed by atoms with Crippen LogP contribution in [0.25, 0.3) is 0 Å². The van der Waals surface area contributed by atoms with E-state index in [9.17, 15) is 4.79 Å². The number of piperidine rings is 1. The number of nitrogens with one attached hydrogen (secondary N) is 1. The zero-order valence-corrected chi connectivity index (χ0v) is 7.44. The second kappa shape index (κ2) is 3.70. The second-order valence-corrected chi connectivity index (χ2v) is 3.29. The molecular formula is C9H13N3O. The van der Waals surface area contributed by atoms with E-state index in [4.69, 9.17) is 0 Å². The smallest absolute Gasteiger partial charge is 0.185 e. The highest BCUT2D eigenvalue weighted by molar-refractivity contribution is 5.69. The molecule has 0 atom stereocenters. The van der Waals surface area contributed by atoms with Gasteiger partial charge in [0.2, 0.25) is 0 Å². The van der Waals surface area contributed by atoms with Crippen LogP contribution in [-0.4, -0.2) is 28.9 Å². The Hall–Kier alpha value is -1.16. The summed E-state index contributed by atoms with van der Waals surface area (Å²) in [5.41, 5.74) is 0. The molecule has 1 saturated heterocycles. The molecule has 0 radical (unpaired) electrons. The summed E-state index contributed by atoms with van der Waals surface area (Å²) in [5, 5.41) is 3.29. The van der Waals surface area contributed by atoms with Gasteiger partial charge in [-0.3, -0.25) is 4.79 Å². The molecule has 1 aromatic rings. The number of hydrogen-bond acceptors (Lipinski definition) is 3. The van der Waals surface area contributed by atoms with Crippen LogP contribution in [0.5, 0.6) is 0 Å². The molecule has 13 heavy (non-hydrogen) atoms. The lowest BCUT2D eigenvalue weighted by atomic mass is 10.1. The third kappa shape index (κ3) is 1.62. The van der Waals surface area contributed by atoms with Crippen LogP contribution in [0, 0.1) is 0 Å². The normalized spacial score (nSPS) is 18.8. The Balaban J connectivity index is 2.17. The highest BCUT2D eigenvalue weighted by Gasteiger charge is 2.16. The zero-order chi connectivity index (χ0) is 9.10. The fourth-order valence-electron chi connectivity index (χ4n) is 1.81. The highest BCUT2D eigenvalue weighted by Crippen LogP contribution is 2.18. The van der Waals surface area contributed by atoms with Crippen LogP contribution in [-0.2, 0) is 0 Å². The topological polar surface area (TPSA) is 46.9 Å². The molecule has 1 aliphatic rings. The van der Waals surface area contributed by atoms with E-state index >= 15 is 0 Å². The van der Waals surface area contributed by atoms with Gasteiger partial charge in [0.1, 0.15) is 0 Å². The van der Waals surface area contributed by atoms with E-state index in [0.29, 0.717) is 11.9 Å². The molecule has 1 aromatic heterocycles. The maximum Gasteiger partial charge on any atom is 0.185 e. The van der Waals surface area contributed by atoms with Gasteiger partial charge in [0.05, 0.1) is 0 Å². The van der Waals surface area contributed by atoms with Crippen LogP contribution in [0.15, 0.2) is 12.4 Å². The molecule has 1 aliphatic heterocycles.